The molecule has 1 aliphatic rings. The first kappa shape index (κ1) is 17.1. The van der Waals surface area contributed by atoms with Gasteiger partial charge in [0, 0.05) is 30.7 Å². The molecule has 116 valence electrons. The number of halogens is 4. The number of nitro benzene ring substituents is 1. The fourth-order valence-corrected chi connectivity index (χ4v) is 2.23. The summed E-state index contributed by atoms with van der Waals surface area (Å²) in [6, 6.07) is 5.07. The molecule has 0 aromatic heterocycles. The van der Waals surface area contributed by atoms with Gasteiger partial charge in [-0.25, -0.2) is 4.58 Å². The van der Waals surface area contributed by atoms with Crippen LogP contribution in [0.3, 0.4) is 0 Å². The molecule has 0 atom stereocenters. The molecule has 0 saturated heterocycles. The van der Waals surface area contributed by atoms with Crippen LogP contribution in [0.4, 0.5) is 28.6 Å². The van der Waals surface area contributed by atoms with Gasteiger partial charge in [0.1, 0.15) is 7.05 Å². The Hall–Kier alpha value is -1.93. The summed E-state index contributed by atoms with van der Waals surface area (Å²) in [5.74, 6) is 0. The van der Waals surface area contributed by atoms with Gasteiger partial charge in [-0.15, -0.1) is 0 Å². The summed E-state index contributed by atoms with van der Waals surface area (Å²) in [6.45, 7) is 6.24. The van der Waals surface area contributed by atoms with Crippen LogP contribution in [0.5, 0.6) is 0 Å². The Morgan fingerprint density at radius 2 is 1.71 bits per heavy atom. The maximum atomic E-state index is 10.8. The van der Waals surface area contributed by atoms with E-state index in [9.17, 15) is 27.4 Å². The van der Waals surface area contributed by atoms with Gasteiger partial charge in [0.25, 0.3) is 5.69 Å². The summed E-state index contributed by atoms with van der Waals surface area (Å²) in [4.78, 5) is 10.4. The van der Waals surface area contributed by atoms with Crippen molar-refractivity contribution in [2.45, 2.75) is 26.2 Å². The molecule has 1 aromatic rings. The zero-order valence-corrected chi connectivity index (χ0v) is 12.0. The first-order valence-corrected chi connectivity index (χ1v) is 6.09. The number of non-ortho nitro benzene ring substituents is 1. The number of nitrogens with zero attached hydrogens (tertiary/aromatic N) is 2. The highest BCUT2D eigenvalue weighted by molar-refractivity contribution is 6.50. The highest BCUT2D eigenvalue weighted by atomic mass is 19.5. The van der Waals surface area contributed by atoms with Crippen LogP contribution in [0, 0.1) is 10.1 Å². The van der Waals surface area contributed by atoms with Crippen LogP contribution in [0.25, 0.3) is 0 Å². The maximum Gasteiger partial charge on any atom is 0.673 e. The quantitative estimate of drug-likeness (QED) is 0.259. The molecule has 0 radical (unpaired) electrons. The standard InChI is InChI=1S/C12H15N2O2.BF4/c1-8-12(2,3)10-7-9(14(15)16)5-6-11(10)13(8)4;2-1(3,4)5/h5-7H,1-4H3;/q+1;-1. The van der Waals surface area contributed by atoms with Crippen molar-refractivity contribution in [2.75, 3.05) is 7.05 Å². The van der Waals surface area contributed by atoms with E-state index in [1.807, 2.05) is 13.1 Å². The molecule has 0 amide bonds. The fraction of sp³-hybridized carbons (Fsp3) is 0.417. The minimum Gasteiger partial charge on any atom is -0.418 e. The van der Waals surface area contributed by atoms with Crippen LogP contribution in [-0.4, -0.2) is 29.5 Å². The van der Waals surface area contributed by atoms with E-state index in [0.29, 0.717) is 0 Å². The molecule has 0 bridgehead atoms. The predicted octanol–water partition coefficient (Wildman–Crippen LogP) is 3.92. The van der Waals surface area contributed by atoms with E-state index in [2.05, 4.69) is 25.3 Å². The summed E-state index contributed by atoms with van der Waals surface area (Å²) in [6.07, 6.45) is 0. The largest absolute Gasteiger partial charge is 0.673 e. The van der Waals surface area contributed by atoms with E-state index < -0.39 is 7.25 Å². The number of fused-ring (bicyclic) bond motifs is 1. The van der Waals surface area contributed by atoms with Gasteiger partial charge >= 0.3 is 7.25 Å². The van der Waals surface area contributed by atoms with Crippen molar-refractivity contribution in [3.63, 3.8) is 0 Å². The van der Waals surface area contributed by atoms with Gasteiger partial charge in [0.15, 0.2) is 5.71 Å². The number of hydrogen-bond donors (Lipinski definition) is 0. The van der Waals surface area contributed by atoms with Gasteiger partial charge in [-0.05, 0) is 13.8 Å². The lowest BCUT2D eigenvalue weighted by Gasteiger charge is -2.14. The van der Waals surface area contributed by atoms with Crippen LogP contribution in [-0.2, 0) is 5.41 Å². The average molecular weight is 306 g/mol. The summed E-state index contributed by atoms with van der Waals surface area (Å²) >= 11 is 0. The first-order valence-electron chi connectivity index (χ1n) is 6.09. The normalized spacial score (nSPS) is 16.2. The third-order valence-corrected chi connectivity index (χ3v) is 3.63. The molecule has 4 nitrogen and oxygen atoms in total. The minimum absolute atomic E-state index is 0.129. The van der Waals surface area contributed by atoms with Gasteiger partial charge < -0.3 is 17.3 Å². The molecule has 0 N–H and O–H groups in total. The molecule has 0 saturated carbocycles. The molecule has 0 unspecified atom stereocenters. The molecular weight excluding hydrogens is 291 g/mol. The van der Waals surface area contributed by atoms with Crippen LogP contribution in [0.1, 0.15) is 26.3 Å². The van der Waals surface area contributed by atoms with Gasteiger partial charge in [-0.1, -0.05) is 0 Å². The SMILES string of the molecule is CC1=[N+](C)c2ccc([N+](=O)[O-])cc2C1(C)C.F[B-](F)(F)F. The van der Waals surface area contributed by atoms with E-state index in [-0.39, 0.29) is 16.0 Å². The second-order valence-corrected chi connectivity index (χ2v) is 5.22. The summed E-state index contributed by atoms with van der Waals surface area (Å²) in [5, 5.41) is 10.8. The molecule has 1 heterocycles. The second-order valence-electron chi connectivity index (χ2n) is 5.22. The lowest BCUT2D eigenvalue weighted by molar-refractivity contribution is -0.403. The van der Waals surface area contributed by atoms with Crippen molar-refractivity contribution in [1.82, 2.24) is 0 Å². The Balaban J connectivity index is 0.000000383. The minimum atomic E-state index is -6.00. The fourth-order valence-electron chi connectivity index (χ4n) is 2.23. The lowest BCUT2D eigenvalue weighted by Crippen LogP contribution is -2.25. The Kier molecular flexibility index (Phi) is 4.45. The molecule has 9 heteroatoms. The Bertz CT molecular complexity index is 606. The molecule has 1 aromatic carbocycles. The molecular formula is C12H15BF4N2O2. The van der Waals surface area contributed by atoms with E-state index in [0.717, 1.165) is 11.3 Å². The van der Waals surface area contributed by atoms with E-state index in [1.54, 1.807) is 12.1 Å². The molecule has 0 fully saturated rings. The topological polar surface area (TPSA) is 46.1 Å². The van der Waals surface area contributed by atoms with Gasteiger partial charge in [0.05, 0.1) is 10.3 Å². The Labute approximate surface area is 119 Å². The Morgan fingerprint density at radius 1 is 1.24 bits per heavy atom. The lowest BCUT2D eigenvalue weighted by atomic mass is 9.82. The zero-order valence-electron chi connectivity index (χ0n) is 12.0. The van der Waals surface area contributed by atoms with E-state index in [1.165, 1.54) is 5.71 Å². The number of rotatable bonds is 1. The summed E-state index contributed by atoms with van der Waals surface area (Å²) in [7, 11) is -4.01. The van der Waals surface area contributed by atoms with E-state index in [4.69, 9.17) is 0 Å². The summed E-state index contributed by atoms with van der Waals surface area (Å²) < 4.78 is 41.1. The first-order chi connectivity index (χ1) is 9.35. The molecule has 0 spiro atoms. The zero-order chi connectivity index (χ0) is 16.6. The maximum absolute atomic E-state index is 10.8. The molecule has 21 heavy (non-hydrogen) atoms. The average Bonchev–Trinajstić information content (AvgIpc) is 2.49. The van der Waals surface area contributed by atoms with Crippen LogP contribution < -0.4 is 0 Å². The smallest absolute Gasteiger partial charge is 0.418 e. The number of nitro groups is 1. The van der Waals surface area contributed by atoms with Crippen LogP contribution in [0.2, 0.25) is 0 Å². The van der Waals surface area contributed by atoms with Gasteiger partial charge in [-0.2, -0.15) is 0 Å². The van der Waals surface area contributed by atoms with E-state index >= 15 is 0 Å². The highest BCUT2D eigenvalue weighted by Crippen LogP contribution is 2.40. The molecule has 1 aliphatic heterocycles. The van der Waals surface area contributed by atoms with Gasteiger partial charge in [-0.3, -0.25) is 10.1 Å². The van der Waals surface area contributed by atoms with Crippen molar-refractivity contribution in [3.8, 4) is 0 Å². The number of hydrogen-bond acceptors (Lipinski definition) is 2. The van der Waals surface area contributed by atoms with Crippen molar-refractivity contribution in [2.24, 2.45) is 0 Å². The Morgan fingerprint density at radius 3 is 2.14 bits per heavy atom. The second kappa shape index (κ2) is 5.46. The van der Waals surface area contributed by atoms with Crippen molar-refractivity contribution in [1.29, 1.82) is 0 Å². The molecule has 2 rings (SSSR count). The van der Waals surface area contributed by atoms with Crippen molar-refractivity contribution >= 4 is 24.3 Å². The summed E-state index contributed by atoms with van der Waals surface area (Å²) in [5.41, 5.74) is 3.34. The highest BCUT2D eigenvalue weighted by Gasteiger charge is 2.42. The third kappa shape index (κ3) is 3.80. The van der Waals surface area contributed by atoms with Crippen LogP contribution in [0.15, 0.2) is 18.2 Å². The number of benzene rings is 1. The third-order valence-electron chi connectivity index (χ3n) is 3.63. The van der Waals surface area contributed by atoms with Gasteiger partial charge in [0.2, 0.25) is 5.69 Å². The van der Waals surface area contributed by atoms with Crippen LogP contribution >= 0.6 is 0 Å². The molecule has 0 aliphatic carbocycles. The monoisotopic (exact) mass is 306 g/mol. The van der Waals surface area contributed by atoms with Crippen molar-refractivity contribution < 1.29 is 26.8 Å². The predicted molar refractivity (Wildman–Crippen MR) is 72.8 cm³/mol. The van der Waals surface area contributed by atoms with Crippen molar-refractivity contribution in [3.05, 3.63) is 33.9 Å².